The van der Waals surface area contributed by atoms with Crippen molar-refractivity contribution in [1.82, 2.24) is 15.5 Å². The van der Waals surface area contributed by atoms with Gasteiger partial charge in [0, 0.05) is 13.1 Å². The van der Waals surface area contributed by atoms with Crippen LogP contribution in [0.1, 0.15) is 19.3 Å². The number of alkyl halides is 3. The van der Waals surface area contributed by atoms with Crippen molar-refractivity contribution in [2.75, 3.05) is 32.7 Å². The monoisotopic (exact) mass is 281 g/mol. The topological polar surface area (TPSA) is 61.4 Å². The van der Waals surface area contributed by atoms with Crippen molar-refractivity contribution in [2.24, 2.45) is 0 Å². The lowest BCUT2D eigenvalue weighted by Gasteiger charge is -2.26. The Bertz CT molecular complexity index is 315. The van der Waals surface area contributed by atoms with Gasteiger partial charge in [0.15, 0.2) is 0 Å². The zero-order valence-corrected chi connectivity index (χ0v) is 10.6. The van der Waals surface area contributed by atoms with Crippen molar-refractivity contribution in [3.8, 4) is 0 Å². The molecule has 5 nitrogen and oxygen atoms in total. The molecule has 8 heteroatoms. The van der Waals surface area contributed by atoms with Crippen molar-refractivity contribution in [2.45, 2.75) is 25.4 Å². The fraction of sp³-hybridized carbons (Fsp3) is 0.818. The first-order valence-corrected chi connectivity index (χ1v) is 6.20. The molecule has 1 aliphatic heterocycles. The van der Waals surface area contributed by atoms with Gasteiger partial charge in [0.25, 0.3) is 0 Å². The van der Waals surface area contributed by atoms with E-state index in [1.165, 1.54) is 0 Å². The molecule has 0 unspecified atom stereocenters. The summed E-state index contributed by atoms with van der Waals surface area (Å²) in [6.45, 7) is -0.470. The fourth-order valence-electron chi connectivity index (χ4n) is 1.81. The van der Waals surface area contributed by atoms with Gasteiger partial charge in [0.2, 0.25) is 11.8 Å². The summed E-state index contributed by atoms with van der Waals surface area (Å²) in [5.41, 5.74) is 0. The van der Waals surface area contributed by atoms with Crippen LogP contribution in [0.5, 0.6) is 0 Å². The van der Waals surface area contributed by atoms with E-state index in [1.807, 2.05) is 5.32 Å². The number of halogens is 3. The van der Waals surface area contributed by atoms with Crippen LogP contribution in [-0.4, -0.2) is 55.6 Å². The largest absolute Gasteiger partial charge is 0.401 e. The first kappa shape index (κ1) is 15.7. The number of nitrogens with zero attached hydrogens (tertiary/aromatic N) is 1. The average Bonchev–Trinajstić information content (AvgIpc) is 2.35. The standard InChI is InChI=1S/C11H18F3N3O2/c12-11(13,14)8-15-6-9(18)16-7-10(19)17-4-2-1-3-5-17/h15H,1-8H2,(H,16,18). The summed E-state index contributed by atoms with van der Waals surface area (Å²) in [5.74, 6) is -0.807. The van der Waals surface area contributed by atoms with Gasteiger partial charge in [-0.3, -0.25) is 9.59 Å². The summed E-state index contributed by atoms with van der Waals surface area (Å²) in [7, 11) is 0. The molecule has 0 atom stereocenters. The minimum absolute atomic E-state index is 0.160. The maximum Gasteiger partial charge on any atom is 0.401 e. The number of nitrogens with one attached hydrogen (secondary N) is 2. The molecule has 0 aromatic heterocycles. The number of rotatable bonds is 5. The van der Waals surface area contributed by atoms with Crippen molar-refractivity contribution in [3.63, 3.8) is 0 Å². The Hall–Kier alpha value is -1.31. The molecule has 0 aliphatic carbocycles. The summed E-state index contributed by atoms with van der Waals surface area (Å²) in [4.78, 5) is 24.5. The molecule has 0 bridgehead atoms. The molecule has 1 fully saturated rings. The smallest absolute Gasteiger partial charge is 0.346 e. The van der Waals surface area contributed by atoms with E-state index in [4.69, 9.17) is 0 Å². The number of amides is 2. The number of carbonyl (C=O) groups is 2. The second-order valence-corrected chi connectivity index (χ2v) is 4.44. The van der Waals surface area contributed by atoms with Gasteiger partial charge < -0.3 is 15.5 Å². The van der Waals surface area contributed by atoms with Crippen molar-refractivity contribution in [1.29, 1.82) is 0 Å². The number of piperidine rings is 1. The first-order valence-electron chi connectivity index (χ1n) is 6.20. The van der Waals surface area contributed by atoms with Crippen LogP contribution in [0.2, 0.25) is 0 Å². The SMILES string of the molecule is O=C(CNCC(F)(F)F)NCC(=O)N1CCCCC1. The molecule has 2 amide bonds. The van der Waals surface area contributed by atoms with Crippen LogP contribution in [0.25, 0.3) is 0 Å². The molecule has 0 spiro atoms. The Kier molecular flexibility index (Phi) is 6.07. The second-order valence-electron chi connectivity index (χ2n) is 4.44. The summed E-state index contributed by atoms with van der Waals surface area (Å²) in [6, 6.07) is 0. The van der Waals surface area contributed by atoms with Crippen LogP contribution in [0, 0.1) is 0 Å². The van der Waals surface area contributed by atoms with E-state index in [0.29, 0.717) is 13.1 Å². The van der Waals surface area contributed by atoms with E-state index >= 15 is 0 Å². The van der Waals surface area contributed by atoms with E-state index in [1.54, 1.807) is 4.90 Å². The molecule has 0 radical (unpaired) electrons. The molecule has 19 heavy (non-hydrogen) atoms. The quantitative estimate of drug-likeness (QED) is 0.760. The molecule has 0 aromatic carbocycles. The third-order valence-corrected chi connectivity index (χ3v) is 2.76. The Morgan fingerprint density at radius 1 is 1.05 bits per heavy atom. The van der Waals surface area contributed by atoms with E-state index < -0.39 is 25.2 Å². The van der Waals surface area contributed by atoms with Crippen LogP contribution in [0.3, 0.4) is 0 Å². The predicted molar refractivity (Wildman–Crippen MR) is 62.4 cm³/mol. The number of likely N-dealkylation sites (tertiary alicyclic amines) is 1. The lowest BCUT2D eigenvalue weighted by Crippen LogP contribution is -2.45. The Morgan fingerprint density at radius 3 is 2.26 bits per heavy atom. The molecule has 0 saturated carbocycles. The van der Waals surface area contributed by atoms with E-state index in [9.17, 15) is 22.8 Å². The second kappa shape index (κ2) is 7.32. The highest BCUT2D eigenvalue weighted by Crippen LogP contribution is 2.11. The summed E-state index contributed by atoms with van der Waals surface area (Å²) < 4.78 is 35.4. The van der Waals surface area contributed by atoms with Gasteiger partial charge >= 0.3 is 6.18 Å². The molecule has 0 aromatic rings. The molecular formula is C11H18F3N3O2. The van der Waals surface area contributed by atoms with Crippen molar-refractivity contribution in [3.05, 3.63) is 0 Å². The van der Waals surface area contributed by atoms with Crippen LogP contribution in [0.4, 0.5) is 13.2 Å². The Balaban J connectivity index is 2.13. The molecule has 2 N–H and O–H groups in total. The third kappa shape index (κ3) is 7.00. The van der Waals surface area contributed by atoms with E-state index in [2.05, 4.69) is 5.32 Å². The Labute approximate surface area is 109 Å². The van der Waals surface area contributed by atoms with Crippen LogP contribution in [-0.2, 0) is 9.59 Å². The molecule has 1 saturated heterocycles. The van der Waals surface area contributed by atoms with Gasteiger partial charge in [0.1, 0.15) is 0 Å². The van der Waals surface area contributed by atoms with Crippen LogP contribution in [0.15, 0.2) is 0 Å². The van der Waals surface area contributed by atoms with Crippen molar-refractivity contribution >= 4 is 11.8 Å². The summed E-state index contributed by atoms with van der Waals surface area (Å²) in [6.07, 6.45) is -1.35. The van der Waals surface area contributed by atoms with E-state index in [0.717, 1.165) is 19.3 Å². The summed E-state index contributed by atoms with van der Waals surface area (Å²) in [5, 5.41) is 4.27. The minimum atomic E-state index is -4.34. The highest BCUT2D eigenvalue weighted by molar-refractivity contribution is 5.85. The maximum atomic E-state index is 11.8. The molecule has 1 aliphatic rings. The fourth-order valence-corrected chi connectivity index (χ4v) is 1.81. The van der Waals surface area contributed by atoms with Gasteiger partial charge in [-0.2, -0.15) is 13.2 Å². The molecule has 1 heterocycles. The lowest BCUT2D eigenvalue weighted by molar-refractivity contribution is -0.134. The number of carbonyl (C=O) groups excluding carboxylic acids is 2. The zero-order chi connectivity index (χ0) is 14.3. The maximum absolute atomic E-state index is 11.8. The van der Waals surface area contributed by atoms with Crippen LogP contribution < -0.4 is 10.6 Å². The number of hydrogen-bond acceptors (Lipinski definition) is 3. The van der Waals surface area contributed by atoms with Gasteiger partial charge in [0.05, 0.1) is 19.6 Å². The minimum Gasteiger partial charge on any atom is -0.346 e. The molecule has 1 rings (SSSR count). The lowest BCUT2D eigenvalue weighted by atomic mass is 10.1. The molecular weight excluding hydrogens is 263 g/mol. The van der Waals surface area contributed by atoms with Gasteiger partial charge in [-0.05, 0) is 19.3 Å². The highest BCUT2D eigenvalue weighted by atomic mass is 19.4. The third-order valence-electron chi connectivity index (χ3n) is 2.76. The van der Waals surface area contributed by atoms with E-state index in [-0.39, 0.29) is 12.5 Å². The summed E-state index contributed by atoms with van der Waals surface area (Å²) >= 11 is 0. The predicted octanol–water partition coefficient (Wildman–Crippen LogP) is 0.267. The van der Waals surface area contributed by atoms with Crippen LogP contribution >= 0.6 is 0 Å². The highest BCUT2D eigenvalue weighted by Gasteiger charge is 2.26. The first-order chi connectivity index (χ1) is 8.88. The van der Waals surface area contributed by atoms with Gasteiger partial charge in [-0.25, -0.2) is 0 Å². The van der Waals surface area contributed by atoms with Crippen molar-refractivity contribution < 1.29 is 22.8 Å². The normalized spacial score (nSPS) is 16.3. The average molecular weight is 281 g/mol. The number of hydrogen-bond donors (Lipinski definition) is 2. The van der Waals surface area contributed by atoms with Gasteiger partial charge in [-0.1, -0.05) is 0 Å². The van der Waals surface area contributed by atoms with Gasteiger partial charge in [-0.15, -0.1) is 0 Å². The Morgan fingerprint density at radius 2 is 1.68 bits per heavy atom. The zero-order valence-electron chi connectivity index (χ0n) is 10.6. The molecule has 110 valence electrons.